The van der Waals surface area contributed by atoms with Crippen LogP contribution in [0.1, 0.15) is 12.0 Å². The lowest BCUT2D eigenvalue weighted by atomic mass is 10.2. The topological polar surface area (TPSA) is 53.3 Å². The summed E-state index contributed by atoms with van der Waals surface area (Å²) < 4.78 is 18.6. The van der Waals surface area contributed by atoms with Crippen LogP contribution in [0.5, 0.6) is 0 Å². The van der Waals surface area contributed by atoms with Crippen LogP contribution in [0.2, 0.25) is 0 Å². The fraction of sp³-hybridized carbons (Fsp3) is 0.333. The summed E-state index contributed by atoms with van der Waals surface area (Å²) in [6, 6.07) is 4.92. The zero-order valence-corrected chi connectivity index (χ0v) is 11.6. The van der Waals surface area contributed by atoms with Crippen LogP contribution in [0.25, 0.3) is 0 Å². The molecule has 0 atom stereocenters. The molecule has 0 fully saturated rings. The fourth-order valence-corrected chi connectivity index (χ4v) is 1.83. The number of esters is 1. The minimum Gasteiger partial charge on any atom is -0.469 e. The molecule has 1 aromatic carbocycles. The lowest BCUT2D eigenvalue weighted by molar-refractivity contribution is -0.140. The number of hydrogen-bond donors (Lipinski definition) is 0. The van der Waals surface area contributed by atoms with E-state index in [1.165, 1.54) is 19.2 Å². The van der Waals surface area contributed by atoms with Crippen molar-refractivity contribution in [3.05, 3.63) is 28.0 Å². The smallest absolute Gasteiger partial charge is 0.307 e. The van der Waals surface area contributed by atoms with Crippen molar-refractivity contribution in [2.75, 3.05) is 25.6 Å². The summed E-state index contributed by atoms with van der Waals surface area (Å²) in [6.45, 7) is 0.335. The van der Waals surface area contributed by atoms with E-state index in [1.807, 2.05) is 6.07 Å². The summed E-state index contributed by atoms with van der Waals surface area (Å²) in [5.41, 5.74) is 0.558. The standard InChI is InChI=1S/C12H12BrFN2O2/c1-16(6-5-10(17)18-2)9-4-3-8(7-15)11(13)12(9)14/h3-4H,5-6H2,1-2H3. The van der Waals surface area contributed by atoms with E-state index in [9.17, 15) is 9.18 Å². The maximum absolute atomic E-state index is 14.0. The van der Waals surface area contributed by atoms with E-state index >= 15 is 0 Å². The molecule has 0 aromatic heterocycles. The van der Waals surface area contributed by atoms with Crippen LogP contribution in [0, 0.1) is 17.1 Å². The molecule has 0 N–H and O–H groups in total. The third-order valence-corrected chi connectivity index (χ3v) is 3.25. The van der Waals surface area contributed by atoms with Crippen molar-refractivity contribution >= 4 is 27.6 Å². The average molecular weight is 315 g/mol. The number of halogens is 2. The van der Waals surface area contributed by atoms with E-state index < -0.39 is 5.82 Å². The Morgan fingerprint density at radius 3 is 2.83 bits per heavy atom. The van der Waals surface area contributed by atoms with Gasteiger partial charge in [0, 0.05) is 13.6 Å². The van der Waals surface area contributed by atoms with Crippen LogP contribution in [0.15, 0.2) is 16.6 Å². The normalized spacial score (nSPS) is 9.72. The number of ether oxygens (including phenoxy) is 1. The number of carbonyl (C=O) groups is 1. The summed E-state index contributed by atoms with van der Waals surface area (Å²) in [6.07, 6.45) is 0.171. The lowest BCUT2D eigenvalue weighted by Gasteiger charge is -2.20. The highest BCUT2D eigenvalue weighted by Gasteiger charge is 2.14. The Kier molecular flexibility index (Phi) is 5.10. The molecule has 6 heteroatoms. The summed E-state index contributed by atoms with van der Waals surface area (Å²) in [7, 11) is 2.97. The highest BCUT2D eigenvalue weighted by molar-refractivity contribution is 9.10. The van der Waals surface area contributed by atoms with Gasteiger partial charge in [-0.2, -0.15) is 5.26 Å². The Morgan fingerprint density at radius 1 is 1.61 bits per heavy atom. The van der Waals surface area contributed by atoms with Crippen LogP contribution >= 0.6 is 15.9 Å². The second-order valence-corrected chi connectivity index (χ2v) is 4.41. The van der Waals surface area contributed by atoms with Crippen molar-refractivity contribution < 1.29 is 13.9 Å². The average Bonchev–Trinajstić information content (AvgIpc) is 2.38. The van der Waals surface area contributed by atoms with E-state index in [1.54, 1.807) is 11.9 Å². The molecule has 18 heavy (non-hydrogen) atoms. The zero-order valence-electron chi connectivity index (χ0n) is 10.0. The van der Waals surface area contributed by atoms with Crippen molar-refractivity contribution in [1.29, 1.82) is 5.26 Å². The van der Waals surface area contributed by atoms with Gasteiger partial charge in [-0.3, -0.25) is 4.79 Å². The van der Waals surface area contributed by atoms with Gasteiger partial charge < -0.3 is 9.64 Å². The Bertz CT molecular complexity index is 500. The molecule has 4 nitrogen and oxygen atoms in total. The number of rotatable bonds is 4. The Labute approximate surface area is 113 Å². The minimum absolute atomic E-state index is 0.132. The van der Waals surface area contributed by atoms with Crippen LogP contribution in [0.4, 0.5) is 10.1 Å². The number of benzene rings is 1. The largest absolute Gasteiger partial charge is 0.469 e. The van der Waals surface area contributed by atoms with Gasteiger partial charge in [0.15, 0.2) is 5.82 Å². The van der Waals surface area contributed by atoms with Gasteiger partial charge in [0.05, 0.1) is 29.3 Å². The molecule has 0 radical (unpaired) electrons. The monoisotopic (exact) mass is 314 g/mol. The predicted octanol–water partition coefficient (Wildman–Crippen LogP) is 2.46. The van der Waals surface area contributed by atoms with Gasteiger partial charge >= 0.3 is 5.97 Å². The van der Waals surface area contributed by atoms with E-state index in [-0.39, 0.29) is 22.4 Å². The van der Waals surface area contributed by atoms with Crippen molar-refractivity contribution in [3.63, 3.8) is 0 Å². The Morgan fingerprint density at radius 2 is 2.28 bits per heavy atom. The van der Waals surface area contributed by atoms with Gasteiger partial charge in [0.25, 0.3) is 0 Å². The number of anilines is 1. The third kappa shape index (κ3) is 3.20. The molecular formula is C12H12BrFN2O2. The maximum atomic E-state index is 14.0. The molecule has 0 aliphatic rings. The molecular weight excluding hydrogens is 303 g/mol. The zero-order chi connectivity index (χ0) is 13.7. The fourth-order valence-electron chi connectivity index (χ4n) is 1.40. The van der Waals surface area contributed by atoms with Gasteiger partial charge in [0.1, 0.15) is 6.07 Å². The van der Waals surface area contributed by atoms with Gasteiger partial charge in [0.2, 0.25) is 0 Å². The van der Waals surface area contributed by atoms with Crippen LogP contribution < -0.4 is 4.90 Å². The van der Waals surface area contributed by atoms with Crippen LogP contribution in [-0.2, 0) is 9.53 Å². The second-order valence-electron chi connectivity index (χ2n) is 3.62. The molecule has 0 bridgehead atoms. The molecule has 0 aliphatic heterocycles. The van der Waals surface area contributed by atoms with Crippen LogP contribution in [-0.4, -0.2) is 26.7 Å². The molecule has 0 spiro atoms. The number of methoxy groups -OCH3 is 1. The first-order chi connectivity index (χ1) is 8.51. The summed E-state index contributed by atoms with van der Waals surface area (Å²) in [5.74, 6) is -0.864. The molecule has 0 aliphatic carbocycles. The molecule has 0 heterocycles. The lowest BCUT2D eigenvalue weighted by Crippen LogP contribution is -2.22. The Hall–Kier alpha value is -1.61. The van der Waals surface area contributed by atoms with Crippen molar-refractivity contribution in [2.45, 2.75) is 6.42 Å². The number of carbonyl (C=O) groups excluding carboxylic acids is 1. The predicted molar refractivity (Wildman–Crippen MR) is 68.7 cm³/mol. The maximum Gasteiger partial charge on any atom is 0.307 e. The van der Waals surface area contributed by atoms with E-state index in [0.29, 0.717) is 12.2 Å². The van der Waals surface area contributed by atoms with Gasteiger partial charge in [-0.05, 0) is 28.1 Å². The van der Waals surface area contributed by atoms with Crippen molar-refractivity contribution in [3.8, 4) is 6.07 Å². The first kappa shape index (κ1) is 14.5. The Balaban J connectivity index is 2.87. The van der Waals surface area contributed by atoms with Crippen molar-refractivity contribution in [2.24, 2.45) is 0 Å². The first-order valence-electron chi connectivity index (χ1n) is 5.17. The first-order valence-corrected chi connectivity index (χ1v) is 5.96. The molecule has 0 saturated heterocycles. The molecule has 0 unspecified atom stereocenters. The molecule has 0 saturated carbocycles. The third-order valence-electron chi connectivity index (χ3n) is 2.47. The van der Waals surface area contributed by atoms with Gasteiger partial charge in [-0.25, -0.2) is 4.39 Å². The number of hydrogen-bond acceptors (Lipinski definition) is 4. The van der Waals surface area contributed by atoms with E-state index in [2.05, 4.69) is 20.7 Å². The SMILES string of the molecule is COC(=O)CCN(C)c1ccc(C#N)c(Br)c1F. The number of nitriles is 1. The molecule has 0 amide bonds. The number of nitrogens with zero attached hydrogens (tertiary/aromatic N) is 2. The molecule has 1 aromatic rings. The summed E-state index contributed by atoms with van der Waals surface area (Å²) >= 11 is 3.04. The quantitative estimate of drug-likeness (QED) is 0.801. The highest BCUT2D eigenvalue weighted by atomic mass is 79.9. The molecule has 96 valence electrons. The minimum atomic E-state index is -0.513. The summed E-state index contributed by atoms with van der Waals surface area (Å²) in [5, 5.41) is 8.76. The summed E-state index contributed by atoms with van der Waals surface area (Å²) in [4.78, 5) is 12.6. The van der Waals surface area contributed by atoms with E-state index in [0.717, 1.165) is 0 Å². The van der Waals surface area contributed by atoms with Gasteiger partial charge in [-0.15, -0.1) is 0 Å². The van der Waals surface area contributed by atoms with Crippen LogP contribution in [0.3, 0.4) is 0 Å². The van der Waals surface area contributed by atoms with Crippen molar-refractivity contribution in [1.82, 2.24) is 0 Å². The molecule has 1 rings (SSSR count). The highest BCUT2D eigenvalue weighted by Crippen LogP contribution is 2.28. The van der Waals surface area contributed by atoms with Gasteiger partial charge in [-0.1, -0.05) is 0 Å². The second kappa shape index (κ2) is 6.36. The van der Waals surface area contributed by atoms with E-state index in [4.69, 9.17) is 5.26 Å².